The van der Waals surface area contributed by atoms with Gasteiger partial charge in [-0.05, 0) is 64.1 Å². The fraction of sp³-hybridized carbons (Fsp3) is 0.143. The molecule has 2 heteroatoms. The van der Waals surface area contributed by atoms with Crippen molar-refractivity contribution in [3.63, 3.8) is 0 Å². The second-order valence-electron chi connectivity index (χ2n) is 8.35. The summed E-state index contributed by atoms with van der Waals surface area (Å²) in [5.41, 5.74) is 11.2. The number of aryl methyl sites for hydroxylation is 4. The third-order valence-electron chi connectivity index (χ3n) is 5.55. The van der Waals surface area contributed by atoms with Gasteiger partial charge in [0.05, 0.1) is 22.4 Å². The van der Waals surface area contributed by atoms with Gasteiger partial charge in [-0.3, -0.25) is 0 Å². The second kappa shape index (κ2) is 7.07. The van der Waals surface area contributed by atoms with Crippen molar-refractivity contribution in [2.24, 2.45) is 0 Å². The summed E-state index contributed by atoms with van der Waals surface area (Å²) in [5, 5.41) is 2.22. The Kier molecular flexibility index (Phi) is 4.36. The molecule has 0 aliphatic heterocycles. The monoisotopic (exact) mass is 388 g/mol. The summed E-state index contributed by atoms with van der Waals surface area (Å²) in [4.78, 5) is 10.1. The van der Waals surface area contributed by atoms with Gasteiger partial charge in [-0.25, -0.2) is 9.97 Å². The Morgan fingerprint density at radius 1 is 0.433 bits per heavy atom. The fourth-order valence-electron chi connectivity index (χ4n) is 4.33. The van der Waals surface area contributed by atoms with E-state index in [0.717, 1.165) is 44.3 Å². The van der Waals surface area contributed by atoms with E-state index < -0.39 is 0 Å². The predicted octanol–water partition coefficient (Wildman–Crippen LogP) is 7.35. The number of hydrogen-bond acceptors (Lipinski definition) is 2. The average Bonchev–Trinajstić information content (AvgIpc) is 2.71. The molecule has 5 rings (SSSR count). The molecule has 0 spiro atoms. The first-order valence-electron chi connectivity index (χ1n) is 10.3. The minimum absolute atomic E-state index is 0.954. The number of pyridine rings is 2. The van der Waals surface area contributed by atoms with Crippen molar-refractivity contribution in [2.45, 2.75) is 27.7 Å². The molecule has 0 N–H and O–H groups in total. The Labute approximate surface area is 177 Å². The number of rotatable bonds is 2. The molecule has 5 aromatic rings. The first-order chi connectivity index (χ1) is 14.5. The summed E-state index contributed by atoms with van der Waals surface area (Å²) in [6.07, 6.45) is 0. The number of fused-ring (bicyclic) bond motifs is 3. The average molecular weight is 389 g/mol. The highest BCUT2D eigenvalue weighted by Gasteiger charge is 2.09. The molecular weight excluding hydrogens is 364 g/mol. The molecule has 0 aliphatic carbocycles. The van der Waals surface area contributed by atoms with E-state index in [1.807, 2.05) is 0 Å². The van der Waals surface area contributed by atoms with E-state index in [9.17, 15) is 0 Å². The van der Waals surface area contributed by atoms with Gasteiger partial charge in [-0.1, -0.05) is 58.7 Å². The number of nitrogens with zero attached hydrogens (tertiary/aromatic N) is 2. The van der Waals surface area contributed by atoms with Gasteiger partial charge in [-0.2, -0.15) is 0 Å². The van der Waals surface area contributed by atoms with Gasteiger partial charge in [-0.15, -0.1) is 0 Å². The highest BCUT2D eigenvalue weighted by Crippen LogP contribution is 2.29. The van der Waals surface area contributed by atoms with E-state index in [2.05, 4.69) is 100 Å². The molecule has 0 atom stereocenters. The Balaban J connectivity index is 1.74. The summed E-state index contributed by atoms with van der Waals surface area (Å²) in [6.45, 7) is 8.52. The molecular formula is C28H24N2. The second-order valence-corrected chi connectivity index (χ2v) is 8.35. The van der Waals surface area contributed by atoms with Crippen molar-refractivity contribution in [1.29, 1.82) is 0 Å². The zero-order valence-corrected chi connectivity index (χ0v) is 17.8. The van der Waals surface area contributed by atoms with Gasteiger partial charge in [0.25, 0.3) is 0 Å². The van der Waals surface area contributed by atoms with Crippen molar-refractivity contribution >= 4 is 21.8 Å². The highest BCUT2D eigenvalue weighted by atomic mass is 14.8. The SMILES string of the molecule is Cc1cc(C)cc(-c2ccc3ccc4ccc(-c5cc(C)cc(C)c5)nc4c3n2)c1. The van der Waals surface area contributed by atoms with Gasteiger partial charge in [0.1, 0.15) is 0 Å². The summed E-state index contributed by atoms with van der Waals surface area (Å²) in [6, 6.07) is 26.0. The Morgan fingerprint density at radius 3 is 1.13 bits per heavy atom. The normalized spacial score (nSPS) is 11.3. The number of hydrogen-bond donors (Lipinski definition) is 0. The lowest BCUT2D eigenvalue weighted by atomic mass is 10.0. The maximum absolute atomic E-state index is 5.06. The van der Waals surface area contributed by atoms with Crippen LogP contribution in [0.3, 0.4) is 0 Å². The topological polar surface area (TPSA) is 25.8 Å². The van der Waals surface area contributed by atoms with Gasteiger partial charge in [0.15, 0.2) is 0 Å². The van der Waals surface area contributed by atoms with Crippen molar-refractivity contribution in [3.05, 3.63) is 95.1 Å². The van der Waals surface area contributed by atoms with Crippen molar-refractivity contribution in [2.75, 3.05) is 0 Å². The van der Waals surface area contributed by atoms with Crippen LogP contribution < -0.4 is 0 Å². The van der Waals surface area contributed by atoms with Crippen LogP contribution in [-0.4, -0.2) is 9.97 Å². The maximum Gasteiger partial charge on any atom is 0.0972 e. The summed E-state index contributed by atoms with van der Waals surface area (Å²) < 4.78 is 0. The van der Waals surface area contributed by atoms with Crippen LogP contribution in [-0.2, 0) is 0 Å². The van der Waals surface area contributed by atoms with Crippen molar-refractivity contribution in [3.8, 4) is 22.5 Å². The summed E-state index contributed by atoms with van der Waals surface area (Å²) >= 11 is 0. The molecule has 0 saturated heterocycles. The quantitative estimate of drug-likeness (QED) is 0.295. The molecule has 0 amide bonds. The fourth-order valence-corrected chi connectivity index (χ4v) is 4.33. The minimum Gasteiger partial charge on any atom is -0.245 e. The first kappa shape index (κ1) is 18.5. The molecule has 30 heavy (non-hydrogen) atoms. The van der Waals surface area contributed by atoms with Gasteiger partial charge < -0.3 is 0 Å². The van der Waals surface area contributed by atoms with Crippen LogP contribution in [0.4, 0.5) is 0 Å². The van der Waals surface area contributed by atoms with Gasteiger partial charge >= 0.3 is 0 Å². The molecule has 2 nitrogen and oxygen atoms in total. The third-order valence-corrected chi connectivity index (χ3v) is 5.55. The van der Waals surface area contributed by atoms with Crippen LogP contribution in [0.2, 0.25) is 0 Å². The van der Waals surface area contributed by atoms with E-state index in [1.165, 1.54) is 22.3 Å². The lowest BCUT2D eigenvalue weighted by molar-refractivity contribution is 1.33. The van der Waals surface area contributed by atoms with Crippen molar-refractivity contribution in [1.82, 2.24) is 9.97 Å². The standard InChI is InChI=1S/C28H24N2/c1-17-11-18(2)14-23(13-17)25-9-7-21-5-6-22-8-10-26(30-28(22)27(21)29-25)24-15-19(3)12-20(4)16-24/h5-16H,1-4H3. The van der Waals surface area contributed by atoms with Crippen LogP contribution in [0.1, 0.15) is 22.3 Å². The largest absolute Gasteiger partial charge is 0.245 e. The van der Waals surface area contributed by atoms with Crippen LogP contribution in [0, 0.1) is 27.7 Å². The third kappa shape index (κ3) is 3.35. The molecule has 3 aromatic carbocycles. The van der Waals surface area contributed by atoms with E-state index in [0.29, 0.717) is 0 Å². The number of aromatic nitrogens is 2. The van der Waals surface area contributed by atoms with E-state index in [4.69, 9.17) is 9.97 Å². The zero-order chi connectivity index (χ0) is 20.8. The molecule has 0 fully saturated rings. The Bertz CT molecular complexity index is 1280. The Hall–Kier alpha value is -3.52. The van der Waals surface area contributed by atoms with Crippen LogP contribution >= 0.6 is 0 Å². The van der Waals surface area contributed by atoms with Crippen molar-refractivity contribution < 1.29 is 0 Å². The molecule has 146 valence electrons. The molecule has 0 radical (unpaired) electrons. The predicted molar refractivity (Wildman–Crippen MR) is 127 cm³/mol. The maximum atomic E-state index is 5.06. The molecule has 2 aromatic heterocycles. The van der Waals surface area contributed by atoms with Gasteiger partial charge in [0, 0.05) is 21.9 Å². The highest BCUT2D eigenvalue weighted by molar-refractivity contribution is 6.04. The van der Waals surface area contributed by atoms with E-state index in [1.54, 1.807) is 0 Å². The lowest BCUT2D eigenvalue weighted by Gasteiger charge is -2.10. The lowest BCUT2D eigenvalue weighted by Crippen LogP contribution is -1.92. The van der Waals surface area contributed by atoms with Crippen LogP contribution in [0.5, 0.6) is 0 Å². The Morgan fingerprint density at radius 2 is 0.767 bits per heavy atom. The first-order valence-corrected chi connectivity index (χ1v) is 10.3. The summed E-state index contributed by atoms with van der Waals surface area (Å²) in [5.74, 6) is 0. The molecule has 2 heterocycles. The zero-order valence-electron chi connectivity index (χ0n) is 17.8. The smallest absolute Gasteiger partial charge is 0.0972 e. The van der Waals surface area contributed by atoms with E-state index in [-0.39, 0.29) is 0 Å². The minimum atomic E-state index is 0.954. The number of benzene rings is 3. The van der Waals surface area contributed by atoms with Crippen LogP contribution in [0.15, 0.2) is 72.8 Å². The van der Waals surface area contributed by atoms with Crippen LogP contribution in [0.25, 0.3) is 44.3 Å². The van der Waals surface area contributed by atoms with E-state index >= 15 is 0 Å². The molecule has 0 unspecified atom stereocenters. The molecule has 0 aliphatic rings. The molecule has 0 bridgehead atoms. The molecule has 0 saturated carbocycles. The van der Waals surface area contributed by atoms with Gasteiger partial charge in [0.2, 0.25) is 0 Å². The summed E-state index contributed by atoms with van der Waals surface area (Å²) in [7, 11) is 0.